The van der Waals surface area contributed by atoms with Crippen LogP contribution in [0.5, 0.6) is 0 Å². The molecule has 0 aliphatic heterocycles. The van der Waals surface area contributed by atoms with E-state index < -0.39 is 5.25 Å². The summed E-state index contributed by atoms with van der Waals surface area (Å²) < 4.78 is 10.8. The first-order valence-corrected chi connectivity index (χ1v) is 8.40. The molecule has 0 aliphatic carbocycles. The number of halogens is 1. The minimum absolute atomic E-state index is 0.165. The van der Waals surface area contributed by atoms with Gasteiger partial charge in [0.25, 0.3) is 11.1 Å². The molecule has 0 radical (unpaired) electrons. The number of carbonyl (C=O) groups is 1. The number of hydrogen-bond donors (Lipinski definition) is 1. The Balaban J connectivity index is 1.63. The molecule has 124 valence electrons. The maximum Gasteiger partial charge on any atom is 0.277 e. The molecule has 3 rings (SSSR count). The van der Waals surface area contributed by atoms with Crippen LogP contribution in [0.3, 0.4) is 0 Å². The van der Waals surface area contributed by atoms with Gasteiger partial charge < -0.3 is 14.2 Å². The standard InChI is InChI=1S/C16H14ClN3O3S/c1-9-13(7-8-22-9)15-19-20-16(23-15)24-10(2)14(21)18-12-5-3-11(17)4-6-12/h3-8,10H,1-2H3,(H,18,21). The van der Waals surface area contributed by atoms with Crippen LogP contribution in [-0.4, -0.2) is 21.4 Å². The van der Waals surface area contributed by atoms with Gasteiger partial charge in [0.2, 0.25) is 5.91 Å². The fraction of sp³-hybridized carbons (Fsp3) is 0.188. The van der Waals surface area contributed by atoms with E-state index in [1.165, 1.54) is 11.8 Å². The number of nitrogens with one attached hydrogen (secondary N) is 1. The molecule has 1 aromatic carbocycles. The summed E-state index contributed by atoms with van der Waals surface area (Å²) in [5.41, 5.74) is 1.42. The van der Waals surface area contributed by atoms with Crippen molar-refractivity contribution in [2.24, 2.45) is 0 Å². The molecule has 1 unspecified atom stereocenters. The zero-order valence-corrected chi connectivity index (χ0v) is 14.5. The minimum Gasteiger partial charge on any atom is -0.469 e. The molecular weight excluding hydrogens is 350 g/mol. The van der Waals surface area contributed by atoms with Crippen LogP contribution >= 0.6 is 23.4 Å². The minimum atomic E-state index is -0.403. The number of nitrogens with zero attached hydrogens (tertiary/aromatic N) is 2. The fourth-order valence-corrected chi connectivity index (χ4v) is 2.76. The third-order valence-corrected chi connectivity index (χ3v) is 4.44. The van der Waals surface area contributed by atoms with Gasteiger partial charge in [-0.3, -0.25) is 4.79 Å². The molecule has 8 heteroatoms. The van der Waals surface area contributed by atoms with Gasteiger partial charge >= 0.3 is 0 Å². The first-order chi connectivity index (χ1) is 11.5. The quantitative estimate of drug-likeness (QED) is 0.676. The lowest BCUT2D eigenvalue weighted by atomic mass is 10.3. The second-order valence-electron chi connectivity index (χ2n) is 5.02. The molecule has 0 spiro atoms. The fourth-order valence-electron chi connectivity index (χ4n) is 1.95. The van der Waals surface area contributed by atoms with Crippen LogP contribution in [0.15, 0.2) is 50.7 Å². The number of anilines is 1. The molecule has 2 aromatic heterocycles. The highest BCUT2D eigenvalue weighted by Gasteiger charge is 2.20. The average Bonchev–Trinajstić information content (AvgIpc) is 3.18. The van der Waals surface area contributed by atoms with E-state index in [9.17, 15) is 4.79 Å². The van der Waals surface area contributed by atoms with Crippen LogP contribution in [0.4, 0.5) is 5.69 Å². The summed E-state index contributed by atoms with van der Waals surface area (Å²) in [4.78, 5) is 12.2. The second kappa shape index (κ2) is 7.11. The second-order valence-corrected chi connectivity index (χ2v) is 6.75. The van der Waals surface area contributed by atoms with Crippen LogP contribution in [-0.2, 0) is 4.79 Å². The molecule has 24 heavy (non-hydrogen) atoms. The third-order valence-electron chi connectivity index (χ3n) is 3.25. The topological polar surface area (TPSA) is 81.2 Å². The molecule has 0 bridgehead atoms. The molecule has 2 heterocycles. The van der Waals surface area contributed by atoms with E-state index >= 15 is 0 Å². The molecule has 1 N–H and O–H groups in total. The number of furan rings is 1. The van der Waals surface area contributed by atoms with Crippen molar-refractivity contribution < 1.29 is 13.6 Å². The predicted molar refractivity (Wildman–Crippen MR) is 92.1 cm³/mol. The van der Waals surface area contributed by atoms with E-state index in [-0.39, 0.29) is 5.91 Å². The lowest BCUT2D eigenvalue weighted by molar-refractivity contribution is -0.115. The van der Waals surface area contributed by atoms with E-state index in [4.69, 9.17) is 20.4 Å². The monoisotopic (exact) mass is 363 g/mol. The van der Waals surface area contributed by atoms with Gasteiger partial charge in [0.1, 0.15) is 5.76 Å². The molecule has 0 saturated carbocycles. The molecule has 1 atom stereocenters. The van der Waals surface area contributed by atoms with Crippen molar-refractivity contribution in [3.63, 3.8) is 0 Å². The molecule has 0 aliphatic rings. The Morgan fingerprint density at radius 2 is 2.00 bits per heavy atom. The van der Waals surface area contributed by atoms with Gasteiger partial charge in [0, 0.05) is 10.7 Å². The number of rotatable bonds is 5. The zero-order valence-electron chi connectivity index (χ0n) is 12.9. The van der Waals surface area contributed by atoms with Crippen LogP contribution in [0, 0.1) is 6.92 Å². The maximum absolute atomic E-state index is 12.2. The molecule has 1 amide bonds. The van der Waals surface area contributed by atoms with E-state index in [2.05, 4.69) is 15.5 Å². The molecule has 0 saturated heterocycles. The van der Waals surface area contributed by atoms with Crippen molar-refractivity contribution in [2.45, 2.75) is 24.3 Å². The first kappa shape index (κ1) is 16.6. The van der Waals surface area contributed by atoms with Crippen molar-refractivity contribution in [3.05, 3.63) is 47.4 Å². The normalized spacial score (nSPS) is 12.1. The van der Waals surface area contributed by atoms with E-state index in [1.807, 2.05) is 6.92 Å². The summed E-state index contributed by atoms with van der Waals surface area (Å²) in [6.07, 6.45) is 1.56. The number of aryl methyl sites for hydroxylation is 1. The number of benzene rings is 1. The van der Waals surface area contributed by atoms with Gasteiger partial charge in [-0.2, -0.15) is 0 Å². The smallest absolute Gasteiger partial charge is 0.277 e. The number of carbonyl (C=O) groups excluding carboxylic acids is 1. The Morgan fingerprint density at radius 1 is 1.25 bits per heavy atom. The summed E-state index contributed by atoms with van der Waals surface area (Å²) >= 11 is 7.01. The Labute approximate surface area is 147 Å². The summed E-state index contributed by atoms with van der Waals surface area (Å²) in [7, 11) is 0. The van der Waals surface area contributed by atoms with Gasteiger partial charge in [-0.15, -0.1) is 10.2 Å². The number of amides is 1. The third kappa shape index (κ3) is 3.80. The zero-order chi connectivity index (χ0) is 17.1. The molecule has 0 fully saturated rings. The van der Waals surface area contributed by atoms with Crippen molar-refractivity contribution >= 4 is 35.0 Å². The maximum atomic E-state index is 12.2. The lowest BCUT2D eigenvalue weighted by Crippen LogP contribution is -2.22. The van der Waals surface area contributed by atoms with Crippen LogP contribution in [0.2, 0.25) is 5.02 Å². The molecule has 6 nitrogen and oxygen atoms in total. The number of thioether (sulfide) groups is 1. The highest BCUT2D eigenvalue weighted by atomic mass is 35.5. The van der Waals surface area contributed by atoms with Gasteiger partial charge in [-0.25, -0.2) is 0 Å². The summed E-state index contributed by atoms with van der Waals surface area (Å²) in [6.45, 7) is 3.58. The largest absolute Gasteiger partial charge is 0.469 e. The van der Waals surface area contributed by atoms with E-state index in [0.717, 1.165) is 5.56 Å². The van der Waals surface area contributed by atoms with Gasteiger partial charge in [-0.1, -0.05) is 23.4 Å². The lowest BCUT2D eigenvalue weighted by Gasteiger charge is -2.09. The Bertz CT molecular complexity index is 844. The number of aromatic nitrogens is 2. The van der Waals surface area contributed by atoms with Crippen molar-refractivity contribution in [1.82, 2.24) is 10.2 Å². The average molecular weight is 364 g/mol. The summed E-state index contributed by atoms with van der Waals surface area (Å²) in [6, 6.07) is 8.67. The van der Waals surface area contributed by atoms with Gasteiger partial charge in [0.15, 0.2) is 0 Å². The summed E-state index contributed by atoms with van der Waals surface area (Å²) in [5.74, 6) is 0.902. The number of hydrogen-bond acceptors (Lipinski definition) is 6. The highest BCUT2D eigenvalue weighted by Crippen LogP contribution is 2.28. The van der Waals surface area contributed by atoms with E-state index in [1.54, 1.807) is 43.5 Å². The van der Waals surface area contributed by atoms with E-state index in [0.29, 0.717) is 27.6 Å². The van der Waals surface area contributed by atoms with Gasteiger partial charge in [0.05, 0.1) is 17.1 Å². The molecule has 3 aromatic rings. The predicted octanol–water partition coefficient (Wildman–Crippen LogP) is 4.41. The Kier molecular flexibility index (Phi) is 4.92. The van der Waals surface area contributed by atoms with Crippen LogP contribution in [0.25, 0.3) is 11.5 Å². The van der Waals surface area contributed by atoms with Gasteiger partial charge in [-0.05, 0) is 44.2 Å². The first-order valence-electron chi connectivity index (χ1n) is 7.14. The Morgan fingerprint density at radius 3 is 2.67 bits per heavy atom. The summed E-state index contributed by atoms with van der Waals surface area (Å²) in [5, 5.41) is 11.3. The highest BCUT2D eigenvalue weighted by molar-refractivity contribution is 8.00. The van der Waals surface area contributed by atoms with Crippen LogP contribution < -0.4 is 5.32 Å². The van der Waals surface area contributed by atoms with Crippen molar-refractivity contribution in [3.8, 4) is 11.5 Å². The molecular formula is C16H14ClN3O3S. The van der Waals surface area contributed by atoms with Crippen LogP contribution in [0.1, 0.15) is 12.7 Å². The van der Waals surface area contributed by atoms with Crippen molar-refractivity contribution in [1.29, 1.82) is 0 Å². The van der Waals surface area contributed by atoms with Crippen molar-refractivity contribution in [2.75, 3.05) is 5.32 Å². The Hall–Kier alpha value is -2.25. The SMILES string of the molecule is Cc1occc1-c1nnc(SC(C)C(=O)Nc2ccc(Cl)cc2)o1.